The Balaban J connectivity index is 1.51. The Labute approximate surface area is 193 Å². The molecule has 172 valence electrons. The highest BCUT2D eigenvalue weighted by Gasteiger charge is 2.51. The maximum absolute atomic E-state index is 13.5. The second-order valence-corrected chi connectivity index (χ2v) is 9.26. The van der Waals surface area contributed by atoms with E-state index in [1.54, 1.807) is 0 Å². The van der Waals surface area contributed by atoms with Crippen LogP contribution in [-0.2, 0) is 9.59 Å². The fourth-order valence-corrected chi connectivity index (χ4v) is 5.63. The van der Waals surface area contributed by atoms with Crippen LogP contribution in [0, 0.1) is 5.92 Å². The lowest BCUT2D eigenvalue weighted by Gasteiger charge is -2.47. The van der Waals surface area contributed by atoms with Crippen LogP contribution < -0.4 is 10.2 Å². The minimum absolute atomic E-state index is 0.00198. The number of carbonyl (C=O) groups is 3. The zero-order valence-corrected chi connectivity index (χ0v) is 18.5. The molecule has 3 atom stereocenters. The molecule has 2 fully saturated rings. The summed E-state index contributed by atoms with van der Waals surface area (Å²) >= 11 is 0. The summed E-state index contributed by atoms with van der Waals surface area (Å²) in [5.74, 6) is -0.908. The lowest BCUT2D eigenvalue weighted by molar-refractivity contribution is -0.142. The Morgan fingerprint density at radius 3 is 2.39 bits per heavy atom. The largest absolute Gasteiger partial charge is 0.481 e. The SMILES string of the molecule is O=C(O)CCC(=O)N(C1CC1)C1c2ccccc2N(C(=O)Nc2ccccc2)C2CCCC21. The number of para-hydroxylation sites is 2. The predicted octanol–water partition coefficient (Wildman–Crippen LogP) is 4.80. The lowest BCUT2D eigenvalue weighted by Crippen LogP contribution is -2.53. The Kier molecular flexibility index (Phi) is 5.79. The maximum atomic E-state index is 13.5. The van der Waals surface area contributed by atoms with Gasteiger partial charge in [0.15, 0.2) is 0 Å². The van der Waals surface area contributed by atoms with Crippen molar-refractivity contribution < 1.29 is 19.5 Å². The van der Waals surface area contributed by atoms with E-state index in [0.717, 1.165) is 49.0 Å². The molecular weight excluding hydrogens is 418 g/mol. The summed E-state index contributed by atoms with van der Waals surface area (Å²) in [5.41, 5.74) is 2.58. The van der Waals surface area contributed by atoms with E-state index < -0.39 is 5.97 Å². The van der Waals surface area contributed by atoms with Crippen molar-refractivity contribution in [1.29, 1.82) is 0 Å². The number of nitrogens with zero attached hydrogens (tertiary/aromatic N) is 2. The third kappa shape index (κ3) is 4.19. The molecule has 0 radical (unpaired) electrons. The van der Waals surface area contributed by atoms with E-state index >= 15 is 0 Å². The van der Waals surface area contributed by atoms with Crippen LogP contribution in [0.5, 0.6) is 0 Å². The summed E-state index contributed by atoms with van der Waals surface area (Å²) in [6, 6.07) is 17.2. The average molecular weight is 448 g/mol. The van der Waals surface area contributed by atoms with Gasteiger partial charge in [0.1, 0.15) is 0 Å². The summed E-state index contributed by atoms with van der Waals surface area (Å²) in [5, 5.41) is 12.2. The van der Waals surface area contributed by atoms with Crippen molar-refractivity contribution >= 4 is 29.3 Å². The third-order valence-corrected chi connectivity index (χ3v) is 7.11. The van der Waals surface area contributed by atoms with Crippen molar-refractivity contribution in [3.05, 3.63) is 60.2 Å². The second-order valence-electron chi connectivity index (χ2n) is 9.26. The van der Waals surface area contributed by atoms with E-state index in [1.807, 2.05) is 64.4 Å². The van der Waals surface area contributed by atoms with Crippen LogP contribution in [0.4, 0.5) is 16.2 Å². The number of anilines is 2. The molecule has 2 aromatic carbocycles. The number of hydrogen-bond donors (Lipinski definition) is 2. The summed E-state index contributed by atoms with van der Waals surface area (Å²) in [4.78, 5) is 41.7. The molecule has 0 saturated heterocycles. The van der Waals surface area contributed by atoms with Gasteiger partial charge < -0.3 is 15.3 Å². The van der Waals surface area contributed by atoms with Gasteiger partial charge in [0, 0.05) is 30.1 Å². The highest BCUT2D eigenvalue weighted by atomic mass is 16.4. The number of hydrogen-bond acceptors (Lipinski definition) is 3. The Morgan fingerprint density at radius 2 is 1.67 bits per heavy atom. The third-order valence-electron chi connectivity index (χ3n) is 7.11. The summed E-state index contributed by atoms with van der Waals surface area (Å²) in [7, 11) is 0. The van der Waals surface area contributed by atoms with Crippen molar-refractivity contribution in [2.24, 2.45) is 5.92 Å². The average Bonchev–Trinajstić information content (AvgIpc) is 3.53. The molecule has 1 heterocycles. The first-order valence-corrected chi connectivity index (χ1v) is 11.8. The second kappa shape index (κ2) is 8.89. The molecule has 33 heavy (non-hydrogen) atoms. The van der Waals surface area contributed by atoms with Crippen molar-refractivity contribution in [2.75, 3.05) is 10.2 Å². The van der Waals surface area contributed by atoms with Crippen LogP contribution in [0.25, 0.3) is 0 Å². The zero-order valence-electron chi connectivity index (χ0n) is 18.5. The van der Waals surface area contributed by atoms with Gasteiger partial charge in [-0.05, 0) is 49.4 Å². The number of rotatable bonds is 6. The fourth-order valence-electron chi connectivity index (χ4n) is 5.63. The molecule has 3 unspecified atom stereocenters. The number of fused-ring (bicyclic) bond motifs is 2. The number of nitrogens with one attached hydrogen (secondary N) is 1. The van der Waals surface area contributed by atoms with Crippen LogP contribution >= 0.6 is 0 Å². The van der Waals surface area contributed by atoms with Gasteiger partial charge in [0.2, 0.25) is 5.91 Å². The van der Waals surface area contributed by atoms with Gasteiger partial charge in [0.25, 0.3) is 0 Å². The molecule has 2 N–H and O–H groups in total. The monoisotopic (exact) mass is 447 g/mol. The van der Waals surface area contributed by atoms with Crippen molar-refractivity contribution in [2.45, 2.75) is 63.1 Å². The fraction of sp³-hybridized carbons (Fsp3) is 0.423. The molecule has 3 amide bonds. The van der Waals surface area contributed by atoms with Crippen LogP contribution in [0.3, 0.4) is 0 Å². The van der Waals surface area contributed by atoms with E-state index in [-0.39, 0.29) is 48.8 Å². The summed E-state index contributed by atoms with van der Waals surface area (Å²) < 4.78 is 0. The normalized spacial score (nSPS) is 23.4. The molecular formula is C26H29N3O4. The first-order valence-electron chi connectivity index (χ1n) is 11.8. The first-order chi connectivity index (χ1) is 16.0. The quantitative estimate of drug-likeness (QED) is 0.665. The lowest BCUT2D eigenvalue weighted by atomic mass is 9.81. The van der Waals surface area contributed by atoms with Gasteiger partial charge in [-0.2, -0.15) is 0 Å². The van der Waals surface area contributed by atoms with Gasteiger partial charge in [-0.15, -0.1) is 0 Å². The van der Waals surface area contributed by atoms with Gasteiger partial charge >= 0.3 is 12.0 Å². The number of urea groups is 1. The molecule has 0 aromatic heterocycles. The van der Waals surface area contributed by atoms with Crippen LogP contribution in [0.15, 0.2) is 54.6 Å². The molecule has 1 aliphatic heterocycles. The van der Waals surface area contributed by atoms with E-state index in [9.17, 15) is 14.4 Å². The van der Waals surface area contributed by atoms with Crippen LogP contribution in [0.2, 0.25) is 0 Å². The maximum Gasteiger partial charge on any atom is 0.326 e. The van der Waals surface area contributed by atoms with Gasteiger partial charge in [-0.3, -0.25) is 14.5 Å². The number of carboxylic acid groups (broad SMARTS) is 1. The molecule has 5 rings (SSSR count). The highest BCUT2D eigenvalue weighted by molar-refractivity contribution is 6.03. The Hall–Kier alpha value is -3.35. The number of benzene rings is 2. The topological polar surface area (TPSA) is 90.0 Å². The molecule has 2 aliphatic carbocycles. The molecule has 3 aliphatic rings. The number of carbonyl (C=O) groups excluding carboxylic acids is 2. The van der Waals surface area contributed by atoms with Gasteiger partial charge in [-0.25, -0.2) is 4.79 Å². The number of aliphatic carboxylic acids is 1. The number of amides is 3. The first kappa shape index (κ1) is 21.5. The minimum Gasteiger partial charge on any atom is -0.481 e. The molecule has 7 nitrogen and oxygen atoms in total. The van der Waals surface area contributed by atoms with Gasteiger partial charge in [0.05, 0.1) is 18.2 Å². The molecule has 2 aromatic rings. The van der Waals surface area contributed by atoms with E-state index in [2.05, 4.69) is 5.32 Å². The standard InChI is InChI=1S/C26H29N3O4/c30-23(15-16-24(31)32)28(18-13-14-18)25-19-9-4-5-11-21(19)29(22-12-6-10-20(22)25)26(33)27-17-7-2-1-3-8-17/h1-5,7-9,11,18,20,22,25H,6,10,12-16H2,(H,27,33)(H,31,32). The molecule has 2 saturated carbocycles. The smallest absolute Gasteiger partial charge is 0.326 e. The van der Waals surface area contributed by atoms with E-state index in [0.29, 0.717) is 0 Å². The number of carboxylic acids is 1. The van der Waals surface area contributed by atoms with E-state index in [4.69, 9.17) is 5.11 Å². The molecule has 0 bridgehead atoms. The van der Waals surface area contributed by atoms with E-state index in [1.165, 1.54) is 0 Å². The Morgan fingerprint density at radius 1 is 0.939 bits per heavy atom. The predicted molar refractivity (Wildman–Crippen MR) is 125 cm³/mol. The molecule has 0 spiro atoms. The minimum atomic E-state index is -0.953. The Bertz CT molecular complexity index is 1050. The highest BCUT2D eigenvalue weighted by Crippen LogP contribution is 2.52. The van der Waals surface area contributed by atoms with Crippen molar-refractivity contribution in [3.63, 3.8) is 0 Å². The zero-order chi connectivity index (χ0) is 22.9. The summed E-state index contributed by atoms with van der Waals surface area (Å²) in [6.07, 6.45) is 4.58. The van der Waals surface area contributed by atoms with Crippen molar-refractivity contribution in [3.8, 4) is 0 Å². The summed E-state index contributed by atoms with van der Waals surface area (Å²) in [6.45, 7) is 0. The van der Waals surface area contributed by atoms with Gasteiger partial charge in [-0.1, -0.05) is 42.8 Å². The molecule has 7 heteroatoms. The van der Waals surface area contributed by atoms with Crippen LogP contribution in [-0.4, -0.2) is 40.0 Å². The van der Waals surface area contributed by atoms with Crippen LogP contribution in [0.1, 0.15) is 56.6 Å². The van der Waals surface area contributed by atoms with Crippen molar-refractivity contribution in [1.82, 2.24) is 4.90 Å².